The predicted molar refractivity (Wildman–Crippen MR) is 33.9 cm³/mol. The third-order valence-electron chi connectivity index (χ3n) is 1.78. The summed E-state index contributed by atoms with van der Waals surface area (Å²) in [6, 6.07) is 0. The van der Waals surface area contributed by atoms with E-state index in [2.05, 4.69) is 4.74 Å². The van der Waals surface area contributed by atoms with Crippen molar-refractivity contribution in [3.05, 3.63) is 23.8 Å². The number of fused-ring (bicyclic) bond motifs is 1. The standard InChI is InChI=1S/C7H8O3/c1-5-2-3-6(8)7(9,4-5)10-6/h2-4,8-9H,1H3. The Balaban J connectivity index is 2.40. The van der Waals surface area contributed by atoms with Gasteiger partial charge in [-0.1, -0.05) is 6.08 Å². The lowest BCUT2D eigenvalue weighted by Gasteiger charge is -2.06. The molecule has 0 aromatic carbocycles. The van der Waals surface area contributed by atoms with Crippen LogP contribution in [0.3, 0.4) is 0 Å². The maximum Gasteiger partial charge on any atom is 0.249 e. The molecular weight excluding hydrogens is 132 g/mol. The molecule has 3 heteroatoms. The third kappa shape index (κ3) is 0.546. The van der Waals surface area contributed by atoms with Crippen molar-refractivity contribution in [2.24, 2.45) is 0 Å². The topological polar surface area (TPSA) is 53.0 Å². The molecule has 1 aliphatic carbocycles. The second-order valence-corrected chi connectivity index (χ2v) is 2.72. The molecule has 54 valence electrons. The lowest BCUT2D eigenvalue weighted by molar-refractivity contribution is 0.0787. The predicted octanol–water partition coefficient (Wildman–Crippen LogP) is -0.0901. The van der Waals surface area contributed by atoms with Crippen LogP contribution in [0.4, 0.5) is 0 Å². The fourth-order valence-corrected chi connectivity index (χ4v) is 1.10. The zero-order chi connectivity index (χ0) is 7.41. The van der Waals surface area contributed by atoms with Crippen LogP contribution in [-0.2, 0) is 4.74 Å². The van der Waals surface area contributed by atoms with Gasteiger partial charge in [-0.15, -0.1) is 0 Å². The number of hydrogen-bond acceptors (Lipinski definition) is 3. The van der Waals surface area contributed by atoms with Crippen LogP contribution in [0.1, 0.15) is 6.92 Å². The lowest BCUT2D eigenvalue weighted by atomic mass is 10.0. The third-order valence-corrected chi connectivity index (χ3v) is 1.78. The molecular formula is C7H8O3. The van der Waals surface area contributed by atoms with Crippen LogP contribution in [0.5, 0.6) is 0 Å². The van der Waals surface area contributed by atoms with Crippen molar-refractivity contribution in [1.82, 2.24) is 0 Å². The Bertz CT molecular complexity index is 243. The van der Waals surface area contributed by atoms with Gasteiger partial charge in [0.1, 0.15) is 0 Å². The zero-order valence-electron chi connectivity index (χ0n) is 5.53. The van der Waals surface area contributed by atoms with E-state index >= 15 is 0 Å². The van der Waals surface area contributed by atoms with Gasteiger partial charge in [0.2, 0.25) is 11.6 Å². The maximum atomic E-state index is 9.28. The zero-order valence-corrected chi connectivity index (χ0v) is 5.53. The number of rotatable bonds is 0. The summed E-state index contributed by atoms with van der Waals surface area (Å²) in [4.78, 5) is 0. The van der Waals surface area contributed by atoms with Gasteiger partial charge in [-0.25, -0.2) is 0 Å². The molecule has 0 radical (unpaired) electrons. The van der Waals surface area contributed by atoms with Gasteiger partial charge < -0.3 is 10.2 Å². The molecule has 1 heterocycles. The molecule has 2 unspecified atom stereocenters. The Morgan fingerprint density at radius 1 is 1.40 bits per heavy atom. The average Bonchev–Trinajstić information content (AvgIpc) is 2.33. The number of ether oxygens (including phenoxy) is 1. The molecule has 0 amide bonds. The molecule has 1 saturated heterocycles. The van der Waals surface area contributed by atoms with Crippen LogP contribution in [0.25, 0.3) is 0 Å². The fourth-order valence-electron chi connectivity index (χ4n) is 1.10. The number of hydrogen-bond donors (Lipinski definition) is 2. The van der Waals surface area contributed by atoms with Crippen molar-refractivity contribution < 1.29 is 14.9 Å². The highest BCUT2D eigenvalue weighted by Gasteiger charge is 2.68. The van der Waals surface area contributed by atoms with E-state index in [1.165, 1.54) is 12.2 Å². The molecule has 1 fully saturated rings. The van der Waals surface area contributed by atoms with Crippen molar-refractivity contribution in [2.45, 2.75) is 18.5 Å². The summed E-state index contributed by atoms with van der Waals surface area (Å²) in [7, 11) is 0. The normalized spacial score (nSPS) is 50.1. The average molecular weight is 140 g/mol. The van der Waals surface area contributed by atoms with Crippen molar-refractivity contribution >= 4 is 0 Å². The van der Waals surface area contributed by atoms with E-state index in [4.69, 9.17) is 0 Å². The Hall–Kier alpha value is -0.640. The van der Waals surface area contributed by atoms with Crippen molar-refractivity contribution in [1.29, 1.82) is 0 Å². The summed E-state index contributed by atoms with van der Waals surface area (Å²) >= 11 is 0. The highest BCUT2D eigenvalue weighted by atomic mass is 16.8. The molecule has 0 spiro atoms. The van der Waals surface area contributed by atoms with Crippen LogP contribution in [0, 0.1) is 0 Å². The van der Waals surface area contributed by atoms with E-state index < -0.39 is 11.6 Å². The van der Waals surface area contributed by atoms with Gasteiger partial charge >= 0.3 is 0 Å². The first-order valence-electron chi connectivity index (χ1n) is 3.09. The minimum atomic E-state index is -1.44. The highest BCUT2D eigenvalue weighted by Crippen LogP contribution is 2.48. The smallest absolute Gasteiger partial charge is 0.249 e. The van der Waals surface area contributed by atoms with Crippen molar-refractivity contribution in [2.75, 3.05) is 0 Å². The van der Waals surface area contributed by atoms with Gasteiger partial charge in [0.05, 0.1) is 0 Å². The molecule has 2 N–H and O–H groups in total. The van der Waals surface area contributed by atoms with Gasteiger partial charge in [-0.05, 0) is 24.6 Å². The van der Waals surface area contributed by atoms with E-state index in [9.17, 15) is 10.2 Å². The summed E-state index contributed by atoms with van der Waals surface area (Å²) < 4.78 is 4.67. The van der Waals surface area contributed by atoms with Gasteiger partial charge in [0, 0.05) is 0 Å². The summed E-state index contributed by atoms with van der Waals surface area (Å²) in [5.41, 5.74) is 0.893. The molecule has 1 aliphatic heterocycles. The van der Waals surface area contributed by atoms with Crippen molar-refractivity contribution in [3.63, 3.8) is 0 Å². The molecule has 0 aromatic heterocycles. The number of epoxide rings is 1. The summed E-state index contributed by atoms with van der Waals surface area (Å²) in [6.45, 7) is 1.83. The number of aliphatic hydroxyl groups is 2. The number of allylic oxidation sites excluding steroid dienone is 2. The van der Waals surface area contributed by atoms with E-state index in [0.29, 0.717) is 0 Å². The second kappa shape index (κ2) is 1.34. The van der Waals surface area contributed by atoms with Crippen LogP contribution >= 0.6 is 0 Å². The second-order valence-electron chi connectivity index (χ2n) is 2.72. The summed E-state index contributed by atoms with van der Waals surface area (Å²) in [5, 5.41) is 18.5. The Morgan fingerprint density at radius 3 is 2.60 bits per heavy atom. The van der Waals surface area contributed by atoms with Crippen LogP contribution in [-0.4, -0.2) is 21.8 Å². The van der Waals surface area contributed by atoms with Crippen LogP contribution in [0.15, 0.2) is 23.8 Å². The molecule has 2 atom stereocenters. The van der Waals surface area contributed by atoms with Crippen LogP contribution < -0.4 is 0 Å². The molecule has 0 aromatic rings. The molecule has 0 saturated carbocycles. The minimum Gasteiger partial charge on any atom is -0.358 e. The molecule has 2 rings (SSSR count). The first-order chi connectivity index (χ1) is 4.56. The maximum absolute atomic E-state index is 9.28. The largest absolute Gasteiger partial charge is 0.358 e. The summed E-state index contributed by atoms with van der Waals surface area (Å²) in [5.74, 6) is -2.88. The van der Waals surface area contributed by atoms with Crippen molar-refractivity contribution in [3.8, 4) is 0 Å². The van der Waals surface area contributed by atoms with E-state index in [-0.39, 0.29) is 0 Å². The lowest BCUT2D eigenvalue weighted by Crippen LogP contribution is -2.23. The summed E-state index contributed by atoms with van der Waals surface area (Å²) in [6.07, 6.45) is 4.65. The first-order valence-corrected chi connectivity index (χ1v) is 3.09. The van der Waals surface area contributed by atoms with E-state index in [1.54, 1.807) is 6.08 Å². The highest BCUT2D eigenvalue weighted by molar-refractivity contribution is 5.36. The molecule has 0 bridgehead atoms. The fraction of sp³-hybridized carbons (Fsp3) is 0.429. The van der Waals surface area contributed by atoms with E-state index in [0.717, 1.165) is 5.57 Å². The monoisotopic (exact) mass is 140 g/mol. The molecule has 3 nitrogen and oxygen atoms in total. The van der Waals surface area contributed by atoms with Gasteiger partial charge in [0.15, 0.2) is 0 Å². The molecule has 10 heavy (non-hydrogen) atoms. The van der Waals surface area contributed by atoms with Crippen LogP contribution in [0.2, 0.25) is 0 Å². The Kier molecular flexibility index (Phi) is 0.819. The Morgan fingerprint density at radius 2 is 2.10 bits per heavy atom. The molecule has 2 aliphatic rings. The van der Waals surface area contributed by atoms with E-state index in [1.807, 2.05) is 6.92 Å². The quantitative estimate of drug-likeness (QED) is 0.462. The van der Waals surface area contributed by atoms with Gasteiger partial charge in [-0.2, -0.15) is 0 Å². The Labute approximate surface area is 58.2 Å². The first kappa shape index (κ1) is 6.09. The van der Waals surface area contributed by atoms with Gasteiger partial charge in [-0.3, -0.25) is 4.74 Å². The SMILES string of the molecule is CC1=CC2(O)OC2(O)C=C1. The van der Waals surface area contributed by atoms with Gasteiger partial charge in [0.25, 0.3) is 0 Å². The minimum absolute atomic E-state index is 0.893.